The number of hydrogen-bond donors (Lipinski definition) is 1. The summed E-state index contributed by atoms with van der Waals surface area (Å²) in [7, 11) is 0. The van der Waals surface area contributed by atoms with E-state index in [0.717, 1.165) is 15.4 Å². The van der Waals surface area contributed by atoms with Crippen molar-refractivity contribution in [2.75, 3.05) is 6.61 Å². The number of thioether (sulfide) groups is 2. The molecule has 0 saturated heterocycles. The summed E-state index contributed by atoms with van der Waals surface area (Å²) in [6.45, 7) is 9.62. The molecule has 2 aliphatic heterocycles. The van der Waals surface area contributed by atoms with Crippen LogP contribution in [0.1, 0.15) is 50.5 Å². The maximum Gasteiger partial charge on any atom is 0.345 e. The summed E-state index contributed by atoms with van der Waals surface area (Å²) in [6, 6.07) is 0. The third-order valence-corrected chi connectivity index (χ3v) is 5.87. The Morgan fingerprint density at radius 3 is 1.96 bits per heavy atom. The molecule has 0 aromatic heterocycles. The first-order valence-electron chi connectivity index (χ1n) is 7.46. The summed E-state index contributed by atoms with van der Waals surface area (Å²) in [4.78, 5) is 13.1. The van der Waals surface area contributed by atoms with Crippen molar-refractivity contribution in [2.24, 2.45) is 0 Å². The van der Waals surface area contributed by atoms with Gasteiger partial charge in [0.1, 0.15) is 5.56 Å². The van der Waals surface area contributed by atoms with Crippen molar-refractivity contribution in [1.29, 1.82) is 0 Å². The second-order valence-corrected chi connectivity index (χ2v) is 9.45. The fourth-order valence-electron chi connectivity index (χ4n) is 2.68. The van der Waals surface area contributed by atoms with E-state index in [-0.39, 0.29) is 13.2 Å². The number of rotatable bonds is 3. The van der Waals surface area contributed by atoms with E-state index in [1.165, 1.54) is 23.5 Å². The molecule has 3 rings (SSSR count). The summed E-state index contributed by atoms with van der Waals surface area (Å²) in [5.41, 5.74) is 1.08. The third-order valence-electron chi connectivity index (χ3n) is 3.44. The summed E-state index contributed by atoms with van der Waals surface area (Å²) < 4.78 is 17.2. The van der Waals surface area contributed by atoms with Crippen molar-refractivity contribution in [3.8, 4) is 11.5 Å². The molecule has 1 N–H and O–H groups in total. The number of fused-ring (bicyclic) bond motifs is 2. The van der Waals surface area contributed by atoms with Crippen molar-refractivity contribution in [3.63, 3.8) is 0 Å². The predicted octanol–water partition coefficient (Wildman–Crippen LogP) is 3.80. The van der Waals surface area contributed by atoms with Gasteiger partial charge in [0.15, 0.2) is 21.4 Å². The number of aliphatic hydroxyl groups excluding tert-OH is 1. The first-order chi connectivity index (χ1) is 10.7. The van der Waals surface area contributed by atoms with Gasteiger partial charge in [0, 0.05) is 5.56 Å². The summed E-state index contributed by atoms with van der Waals surface area (Å²) in [5.74, 6) is 0.459. The van der Waals surface area contributed by atoms with E-state index in [1.54, 1.807) is 6.92 Å². The molecule has 1 aromatic carbocycles. The number of ether oxygens (including phenoxy) is 3. The molecule has 126 valence electrons. The minimum Gasteiger partial charge on any atom is -0.475 e. The Morgan fingerprint density at radius 2 is 1.57 bits per heavy atom. The summed E-state index contributed by atoms with van der Waals surface area (Å²) in [6.07, 6.45) is 0. The Kier molecular flexibility index (Phi) is 4.01. The fraction of sp³-hybridized carbons (Fsp3) is 0.562. The Morgan fingerprint density at radius 1 is 1.09 bits per heavy atom. The van der Waals surface area contributed by atoms with E-state index in [4.69, 9.17) is 14.2 Å². The zero-order valence-electron chi connectivity index (χ0n) is 13.8. The predicted molar refractivity (Wildman–Crippen MR) is 89.4 cm³/mol. The maximum atomic E-state index is 12.5. The normalized spacial score (nSPS) is 19.6. The van der Waals surface area contributed by atoms with E-state index in [1.807, 2.05) is 27.7 Å². The summed E-state index contributed by atoms with van der Waals surface area (Å²) >= 11 is 3.00. The van der Waals surface area contributed by atoms with Crippen molar-refractivity contribution in [2.45, 2.75) is 60.9 Å². The Balaban J connectivity index is 2.26. The van der Waals surface area contributed by atoms with Gasteiger partial charge >= 0.3 is 5.97 Å². The Labute approximate surface area is 144 Å². The molecule has 0 unspecified atom stereocenters. The van der Waals surface area contributed by atoms with Crippen molar-refractivity contribution in [3.05, 3.63) is 11.1 Å². The molecule has 7 heteroatoms. The molecular formula is C16H20O5S2. The van der Waals surface area contributed by atoms with Gasteiger partial charge in [-0.1, -0.05) is 23.5 Å². The highest BCUT2D eigenvalue weighted by atomic mass is 32.2. The molecule has 0 spiro atoms. The van der Waals surface area contributed by atoms with E-state index in [9.17, 15) is 9.90 Å². The average molecular weight is 356 g/mol. The van der Waals surface area contributed by atoms with Crippen molar-refractivity contribution < 1.29 is 24.1 Å². The lowest BCUT2D eigenvalue weighted by molar-refractivity contribution is 0.0510. The number of esters is 1. The largest absolute Gasteiger partial charge is 0.475 e. The van der Waals surface area contributed by atoms with Crippen LogP contribution in [0.3, 0.4) is 0 Å². The third kappa shape index (κ3) is 2.79. The van der Waals surface area contributed by atoms with Gasteiger partial charge in [-0.05, 0) is 34.6 Å². The van der Waals surface area contributed by atoms with Crippen LogP contribution in [0.2, 0.25) is 0 Å². The molecule has 23 heavy (non-hydrogen) atoms. The van der Waals surface area contributed by atoms with Gasteiger partial charge in [0.2, 0.25) is 0 Å². The van der Waals surface area contributed by atoms with Gasteiger partial charge in [-0.3, -0.25) is 0 Å². The molecule has 2 aliphatic rings. The van der Waals surface area contributed by atoms with Crippen LogP contribution in [0.25, 0.3) is 0 Å². The van der Waals surface area contributed by atoms with Gasteiger partial charge < -0.3 is 19.3 Å². The number of hydrogen-bond acceptors (Lipinski definition) is 7. The van der Waals surface area contributed by atoms with Crippen molar-refractivity contribution >= 4 is 29.5 Å². The average Bonchev–Trinajstić information content (AvgIpc) is 2.89. The van der Waals surface area contributed by atoms with E-state index in [2.05, 4.69) is 0 Å². The van der Waals surface area contributed by atoms with Crippen LogP contribution in [0.5, 0.6) is 11.5 Å². The zero-order chi connectivity index (χ0) is 17.0. The first kappa shape index (κ1) is 16.8. The molecule has 1 aromatic rings. The molecule has 0 bridgehead atoms. The Hall–Kier alpha value is -1.05. The minimum atomic E-state index is -0.511. The van der Waals surface area contributed by atoms with Crippen LogP contribution in [-0.4, -0.2) is 27.5 Å². The molecule has 0 radical (unpaired) electrons. The quantitative estimate of drug-likeness (QED) is 0.826. The Bertz CT molecular complexity index is 637. The van der Waals surface area contributed by atoms with Crippen molar-refractivity contribution in [1.82, 2.24) is 0 Å². The fourth-order valence-corrected chi connectivity index (χ4v) is 5.03. The van der Waals surface area contributed by atoms with Gasteiger partial charge in [-0.15, -0.1) is 0 Å². The number of benzene rings is 1. The lowest BCUT2D eigenvalue weighted by Gasteiger charge is -2.19. The SMILES string of the molecule is CCOC(=O)c1c2c(c(CO)c3c1OC(C)(C)S3)SC(C)(C)O2. The summed E-state index contributed by atoms with van der Waals surface area (Å²) in [5, 5.41) is 9.89. The van der Waals surface area contributed by atoms with E-state index < -0.39 is 15.8 Å². The van der Waals surface area contributed by atoms with Gasteiger partial charge in [-0.25, -0.2) is 4.79 Å². The van der Waals surface area contributed by atoms with Crippen LogP contribution in [0, 0.1) is 0 Å². The topological polar surface area (TPSA) is 65.0 Å². The monoisotopic (exact) mass is 356 g/mol. The first-order valence-corrected chi connectivity index (χ1v) is 9.09. The molecule has 0 fully saturated rings. The van der Waals surface area contributed by atoms with E-state index >= 15 is 0 Å². The lowest BCUT2D eigenvalue weighted by Crippen LogP contribution is -2.21. The highest BCUT2D eigenvalue weighted by molar-refractivity contribution is 8.01. The molecule has 0 atom stereocenters. The second-order valence-electron chi connectivity index (χ2n) is 6.26. The van der Waals surface area contributed by atoms with Crippen LogP contribution in [0.4, 0.5) is 0 Å². The number of carbonyl (C=O) groups is 1. The smallest absolute Gasteiger partial charge is 0.345 e. The molecule has 0 amide bonds. The van der Waals surface area contributed by atoms with Crippen LogP contribution >= 0.6 is 23.5 Å². The van der Waals surface area contributed by atoms with Gasteiger partial charge in [-0.2, -0.15) is 0 Å². The number of aliphatic hydroxyl groups is 1. The lowest BCUT2D eigenvalue weighted by atomic mass is 10.1. The highest BCUT2D eigenvalue weighted by Crippen LogP contribution is 2.60. The molecule has 5 nitrogen and oxygen atoms in total. The van der Waals surface area contributed by atoms with Crippen LogP contribution in [-0.2, 0) is 11.3 Å². The zero-order valence-corrected chi connectivity index (χ0v) is 15.4. The molecule has 2 heterocycles. The minimum absolute atomic E-state index is 0.132. The molecule has 0 saturated carbocycles. The van der Waals surface area contributed by atoms with Gasteiger partial charge in [0.05, 0.1) is 23.0 Å². The van der Waals surface area contributed by atoms with Crippen LogP contribution < -0.4 is 9.47 Å². The highest BCUT2D eigenvalue weighted by Gasteiger charge is 2.45. The van der Waals surface area contributed by atoms with Crippen LogP contribution in [0.15, 0.2) is 9.79 Å². The maximum absolute atomic E-state index is 12.5. The second kappa shape index (κ2) is 5.50. The molecular weight excluding hydrogens is 336 g/mol. The van der Waals surface area contributed by atoms with E-state index in [0.29, 0.717) is 17.1 Å². The standard InChI is InChI=1S/C16H20O5S2/c1-6-19-14(18)9-10-12(22-15(2,3)20-10)8(7-17)13-11(9)21-16(4,5)23-13/h17H,6-7H2,1-5H3. The van der Waals surface area contributed by atoms with Gasteiger partial charge in [0.25, 0.3) is 0 Å². The number of carbonyl (C=O) groups excluding carboxylic acids is 1. The molecule has 0 aliphatic carbocycles.